The van der Waals surface area contributed by atoms with E-state index in [9.17, 15) is 4.79 Å². The van der Waals surface area contributed by atoms with Crippen LogP contribution in [0.15, 0.2) is 30.5 Å². The summed E-state index contributed by atoms with van der Waals surface area (Å²) in [5.74, 6) is 0.438. The van der Waals surface area contributed by atoms with Gasteiger partial charge in [0.2, 0.25) is 0 Å². The first-order valence-corrected chi connectivity index (χ1v) is 9.56. The average molecular weight is 371 g/mol. The molecule has 1 aromatic carbocycles. The predicted octanol–water partition coefficient (Wildman–Crippen LogP) is 2.01. The molecular formula is C19H25N5O3. The van der Waals surface area contributed by atoms with E-state index in [2.05, 4.69) is 20.9 Å². The lowest BCUT2D eigenvalue weighted by Gasteiger charge is -2.22. The summed E-state index contributed by atoms with van der Waals surface area (Å²) < 4.78 is 13.2. The van der Waals surface area contributed by atoms with Gasteiger partial charge in [-0.05, 0) is 50.9 Å². The third-order valence-electron chi connectivity index (χ3n) is 4.98. The second-order valence-corrected chi connectivity index (χ2v) is 6.99. The summed E-state index contributed by atoms with van der Waals surface area (Å²) in [4.78, 5) is 12.5. The Morgan fingerprint density at radius 3 is 3.04 bits per heavy atom. The Hall–Kier alpha value is -2.45. The van der Waals surface area contributed by atoms with E-state index in [1.807, 2.05) is 24.3 Å². The molecule has 8 heteroatoms. The van der Waals surface area contributed by atoms with Gasteiger partial charge in [0, 0.05) is 18.4 Å². The molecular weight excluding hydrogens is 346 g/mol. The quantitative estimate of drug-likeness (QED) is 0.807. The van der Waals surface area contributed by atoms with Crippen LogP contribution < -0.4 is 15.4 Å². The highest BCUT2D eigenvalue weighted by molar-refractivity contribution is 6.02. The lowest BCUT2D eigenvalue weighted by atomic mass is 10.1. The van der Waals surface area contributed by atoms with Gasteiger partial charge in [-0.1, -0.05) is 11.3 Å². The lowest BCUT2D eigenvalue weighted by molar-refractivity contribution is 0.0680. The molecule has 0 saturated carbocycles. The number of piperidine rings is 1. The summed E-state index contributed by atoms with van der Waals surface area (Å²) in [5.41, 5.74) is 0.987. The molecule has 1 amide bonds. The number of benzene rings is 1. The summed E-state index contributed by atoms with van der Waals surface area (Å²) in [6, 6.07) is 7.66. The van der Waals surface area contributed by atoms with Crippen LogP contribution in [-0.4, -0.2) is 53.3 Å². The highest BCUT2D eigenvalue weighted by atomic mass is 16.5. The van der Waals surface area contributed by atoms with Crippen LogP contribution >= 0.6 is 0 Å². The average Bonchev–Trinajstić information content (AvgIpc) is 3.39. The zero-order chi connectivity index (χ0) is 18.5. The van der Waals surface area contributed by atoms with E-state index < -0.39 is 0 Å². The molecule has 0 aliphatic carbocycles. The van der Waals surface area contributed by atoms with Crippen LogP contribution in [0, 0.1) is 0 Å². The third kappa shape index (κ3) is 4.64. The van der Waals surface area contributed by atoms with E-state index in [-0.39, 0.29) is 12.0 Å². The van der Waals surface area contributed by atoms with Crippen LogP contribution in [0.3, 0.4) is 0 Å². The van der Waals surface area contributed by atoms with Crippen molar-refractivity contribution in [1.82, 2.24) is 20.3 Å². The number of amides is 1. The molecule has 0 radical (unpaired) electrons. The van der Waals surface area contributed by atoms with Crippen molar-refractivity contribution < 1.29 is 14.3 Å². The smallest absolute Gasteiger partial charge is 0.277 e. The molecule has 1 atom stereocenters. The molecule has 0 spiro atoms. The molecule has 8 nitrogen and oxygen atoms in total. The van der Waals surface area contributed by atoms with Gasteiger partial charge in [0.1, 0.15) is 12.4 Å². The first-order chi connectivity index (χ1) is 13.3. The van der Waals surface area contributed by atoms with Gasteiger partial charge in [0.05, 0.1) is 18.3 Å². The molecule has 1 aromatic heterocycles. The van der Waals surface area contributed by atoms with Gasteiger partial charge in [0.15, 0.2) is 5.69 Å². The van der Waals surface area contributed by atoms with Crippen molar-refractivity contribution in [2.45, 2.75) is 37.8 Å². The normalized spacial score (nSPS) is 20.5. The molecule has 144 valence electrons. The van der Waals surface area contributed by atoms with Crippen LogP contribution in [0.2, 0.25) is 0 Å². The molecule has 0 bridgehead atoms. The molecule has 1 unspecified atom stereocenters. The Bertz CT molecular complexity index is 766. The van der Waals surface area contributed by atoms with Crippen LogP contribution in [0.1, 0.15) is 42.2 Å². The van der Waals surface area contributed by atoms with E-state index in [0.717, 1.165) is 45.4 Å². The Labute approximate surface area is 158 Å². The van der Waals surface area contributed by atoms with E-state index in [1.54, 1.807) is 10.9 Å². The second-order valence-electron chi connectivity index (χ2n) is 6.99. The molecule has 3 heterocycles. The maximum atomic E-state index is 12.5. The van der Waals surface area contributed by atoms with E-state index >= 15 is 0 Å². The molecule has 2 N–H and O–H groups in total. The highest BCUT2D eigenvalue weighted by Crippen LogP contribution is 2.21. The van der Waals surface area contributed by atoms with Crippen molar-refractivity contribution >= 4 is 11.6 Å². The first-order valence-electron chi connectivity index (χ1n) is 9.56. The minimum atomic E-state index is -0.272. The van der Waals surface area contributed by atoms with E-state index in [0.29, 0.717) is 29.8 Å². The number of aromatic nitrogens is 3. The van der Waals surface area contributed by atoms with Crippen LogP contribution in [0.25, 0.3) is 0 Å². The zero-order valence-electron chi connectivity index (χ0n) is 15.3. The molecule has 2 saturated heterocycles. The largest absolute Gasteiger partial charge is 0.491 e. The zero-order valence-corrected chi connectivity index (χ0v) is 15.3. The van der Waals surface area contributed by atoms with E-state index in [4.69, 9.17) is 9.47 Å². The summed E-state index contributed by atoms with van der Waals surface area (Å²) in [6.07, 6.45) is 5.99. The van der Waals surface area contributed by atoms with Crippen molar-refractivity contribution in [2.24, 2.45) is 0 Å². The van der Waals surface area contributed by atoms with Gasteiger partial charge >= 0.3 is 0 Å². The minimum absolute atomic E-state index is 0.160. The van der Waals surface area contributed by atoms with E-state index in [1.165, 1.54) is 0 Å². The van der Waals surface area contributed by atoms with Crippen molar-refractivity contribution in [3.05, 3.63) is 36.2 Å². The Morgan fingerprint density at radius 1 is 1.33 bits per heavy atom. The molecule has 2 aliphatic heterocycles. The van der Waals surface area contributed by atoms with Gasteiger partial charge in [-0.3, -0.25) is 4.79 Å². The topological polar surface area (TPSA) is 90.3 Å². The maximum absolute atomic E-state index is 12.5. The number of ether oxygens (including phenoxy) is 2. The van der Waals surface area contributed by atoms with Crippen LogP contribution in [0.4, 0.5) is 5.69 Å². The number of nitrogens with zero attached hydrogens (tertiary/aromatic N) is 3. The molecule has 4 rings (SSSR count). The van der Waals surface area contributed by atoms with Gasteiger partial charge in [-0.2, -0.15) is 0 Å². The summed E-state index contributed by atoms with van der Waals surface area (Å²) in [7, 11) is 0. The SMILES string of the molecule is O=C(Nc1cccc(OCC2CCCO2)c1)c1cn(C2CCNCC2)nn1. The molecule has 2 aliphatic rings. The predicted molar refractivity (Wildman–Crippen MR) is 100 cm³/mol. The van der Waals surface area contributed by atoms with Gasteiger partial charge in [-0.25, -0.2) is 4.68 Å². The standard InChI is InChI=1S/C19H25N5O3/c25-19(18-12-24(23-22-18)15-6-8-20-9-7-15)21-14-3-1-4-16(11-14)27-13-17-5-2-10-26-17/h1,3-4,11-12,15,17,20H,2,5-10,13H2,(H,21,25). The molecule has 2 aromatic rings. The number of nitrogens with one attached hydrogen (secondary N) is 2. The number of rotatable bonds is 6. The van der Waals surface area contributed by atoms with Crippen molar-refractivity contribution in [1.29, 1.82) is 0 Å². The maximum Gasteiger partial charge on any atom is 0.277 e. The number of carbonyl (C=O) groups is 1. The minimum Gasteiger partial charge on any atom is -0.491 e. The second kappa shape index (κ2) is 8.49. The van der Waals surface area contributed by atoms with Crippen LogP contribution in [0.5, 0.6) is 5.75 Å². The van der Waals surface area contributed by atoms with Gasteiger partial charge in [0.25, 0.3) is 5.91 Å². The fourth-order valence-corrected chi connectivity index (χ4v) is 3.45. The van der Waals surface area contributed by atoms with Gasteiger partial charge < -0.3 is 20.1 Å². The number of carbonyl (C=O) groups excluding carboxylic acids is 1. The monoisotopic (exact) mass is 371 g/mol. The molecule has 27 heavy (non-hydrogen) atoms. The number of hydrogen-bond donors (Lipinski definition) is 2. The number of anilines is 1. The lowest BCUT2D eigenvalue weighted by Crippen LogP contribution is -2.29. The summed E-state index contributed by atoms with van der Waals surface area (Å²) >= 11 is 0. The van der Waals surface area contributed by atoms with Crippen molar-refractivity contribution in [3.63, 3.8) is 0 Å². The Morgan fingerprint density at radius 2 is 2.22 bits per heavy atom. The third-order valence-corrected chi connectivity index (χ3v) is 4.98. The Kier molecular flexibility index (Phi) is 5.64. The molecule has 2 fully saturated rings. The highest BCUT2D eigenvalue weighted by Gasteiger charge is 2.19. The van der Waals surface area contributed by atoms with Gasteiger partial charge in [-0.15, -0.1) is 5.10 Å². The first kappa shape index (κ1) is 17.9. The summed E-state index contributed by atoms with van der Waals surface area (Å²) in [5, 5.41) is 14.3. The Balaban J connectivity index is 1.34. The fraction of sp³-hybridized carbons (Fsp3) is 0.526. The number of hydrogen-bond acceptors (Lipinski definition) is 6. The summed E-state index contributed by atoms with van der Waals surface area (Å²) in [6.45, 7) is 3.26. The fourth-order valence-electron chi connectivity index (χ4n) is 3.45. The van der Waals surface area contributed by atoms with Crippen molar-refractivity contribution in [2.75, 3.05) is 31.6 Å². The van der Waals surface area contributed by atoms with Crippen molar-refractivity contribution in [3.8, 4) is 5.75 Å². The van der Waals surface area contributed by atoms with Crippen LogP contribution in [-0.2, 0) is 4.74 Å².